The van der Waals surface area contributed by atoms with Crippen LogP contribution in [0.5, 0.6) is 0 Å². The maximum atomic E-state index is 12.7. The molecule has 1 amide bonds. The molecule has 1 aliphatic rings. The van der Waals surface area contributed by atoms with E-state index in [0.29, 0.717) is 17.9 Å². The first-order valence-electron chi connectivity index (χ1n) is 6.86. The predicted octanol–water partition coefficient (Wildman–Crippen LogP) is 2.08. The minimum Gasteiger partial charge on any atom is -0.396 e. The maximum absolute atomic E-state index is 12.7. The Morgan fingerprint density at radius 2 is 2.20 bits per heavy atom. The maximum Gasteiger partial charge on any atom is 0.281 e. The normalized spacial score (nSPS) is 17.3. The van der Waals surface area contributed by atoms with Gasteiger partial charge >= 0.3 is 0 Å². The zero-order valence-corrected chi connectivity index (χ0v) is 11.7. The van der Waals surface area contributed by atoms with E-state index in [1.807, 2.05) is 32.0 Å². The lowest BCUT2D eigenvalue weighted by Gasteiger charge is -2.21. The van der Waals surface area contributed by atoms with E-state index in [-0.39, 0.29) is 11.9 Å². The SMILES string of the molecule is CCn1cc(N)c(C(=O)N2c3ccccc3CC2C)n1. The van der Waals surface area contributed by atoms with E-state index in [1.54, 1.807) is 15.8 Å². The Morgan fingerprint density at radius 3 is 2.90 bits per heavy atom. The highest BCUT2D eigenvalue weighted by molar-refractivity contribution is 6.09. The van der Waals surface area contributed by atoms with E-state index >= 15 is 0 Å². The number of nitrogen functional groups attached to an aromatic ring is 1. The van der Waals surface area contributed by atoms with Gasteiger partial charge in [-0.2, -0.15) is 5.10 Å². The smallest absolute Gasteiger partial charge is 0.281 e. The van der Waals surface area contributed by atoms with Gasteiger partial charge in [-0.15, -0.1) is 0 Å². The number of anilines is 2. The molecule has 1 aromatic heterocycles. The molecule has 20 heavy (non-hydrogen) atoms. The number of nitrogens with zero attached hydrogens (tertiary/aromatic N) is 3. The quantitative estimate of drug-likeness (QED) is 0.908. The Labute approximate surface area is 118 Å². The highest BCUT2D eigenvalue weighted by Crippen LogP contribution is 2.33. The van der Waals surface area contributed by atoms with Gasteiger partial charge in [0.05, 0.1) is 5.69 Å². The van der Waals surface area contributed by atoms with Crippen molar-refractivity contribution in [2.24, 2.45) is 0 Å². The second-order valence-corrected chi connectivity index (χ2v) is 5.15. The molecule has 2 aromatic rings. The molecule has 1 unspecified atom stereocenters. The number of amides is 1. The van der Waals surface area contributed by atoms with E-state index < -0.39 is 0 Å². The summed E-state index contributed by atoms with van der Waals surface area (Å²) in [5.74, 6) is -0.118. The van der Waals surface area contributed by atoms with Gasteiger partial charge in [-0.3, -0.25) is 9.48 Å². The van der Waals surface area contributed by atoms with E-state index in [1.165, 1.54) is 5.56 Å². The summed E-state index contributed by atoms with van der Waals surface area (Å²) in [6.45, 7) is 4.71. The molecule has 1 aromatic carbocycles. The fourth-order valence-corrected chi connectivity index (χ4v) is 2.75. The molecule has 0 bridgehead atoms. The van der Waals surface area contributed by atoms with Gasteiger partial charge in [-0.25, -0.2) is 0 Å². The lowest BCUT2D eigenvalue weighted by atomic mass is 10.1. The minimum absolute atomic E-state index is 0.118. The van der Waals surface area contributed by atoms with Crippen molar-refractivity contribution in [3.8, 4) is 0 Å². The fourth-order valence-electron chi connectivity index (χ4n) is 2.75. The molecule has 1 atom stereocenters. The number of rotatable bonds is 2. The third kappa shape index (κ3) is 1.86. The van der Waals surface area contributed by atoms with Crippen molar-refractivity contribution in [2.45, 2.75) is 32.9 Å². The Morgan fingerprint density at radius 1 is 1.45 bits per heavy atom. The molecule has 2 N–H and O–H groups in total. The van der Waals surface area contributed by atoms with Crippen molar-refractivity contribution >= 4 is 17.3 Å². The number of para-hydroxylation sites is 1. The Hall–Kier alpha value is -2.30. The van der Waals surface area contributed by atoms with Crippen molar-refractivity contribution in [1.82, 2.24) is 9.78 Å². The van der Waals surface area contributed by atoms with Crippen LogP contribution in [0.25, 0.3) is 0 Å². The first-order valence-corrected chi connectivity index (χ1v) is 6.86. The van der Waals surface area contributed by atoms with Crippen molar-refractivity contribution in [1.29, 1.82) is 0 Å². The minimum atomic E-state index is -0.118. The zero-order chi connectivity index (χ0) is 14.3. The largest absolute Gasteiger partial charge is 0.396 e. The first-order chi connectivity index (χ1) is 9.61. The second-order valence-electron chi connectivity index (χ2n) is 5.15. The van der Waals surface area contributed by atoms with Crippen molar-refractivity contribution in [2.75, 3.05) is 10.6 Å². The van der Waals surface area contributed by atoms with E-state index in [2.05, 4.69) is 11.2 Å². The summed E-state index contributed by atoms with van der Waals surface area (Å²) in [7, 11) is 0. The van der Waals surface area contributed by atoms with E-state index in [0.717, 1.165) is 12.1 Å². The van der Waals surface area contributed by atoms with Crippen LogP contribution >= 0.6 is 0 Å². The van der Waals surface area contributed by atoms with Gasteiger partial charge in [0, 0.05) is 24.5 Å². The summed E-state index contributed by atoms with van der Waals surface area (Å²) < 4.78 is 1.69. The van der Waals surface area contributed by atoms with E-state index in [4.69, 9.17) is 5.73 Å². The van der Waals surface area contributed by atoms with Crippen molar-refractivity contribution < 1.29 is 4.79 Å². The van der Waals surface area contributed by atoms with Gasteiger partial charge in [0.1, 0.15) is 0 Å². The van der Waals surface area contributed by atoms with Crippen LogP contribution in [0.4, 0.5) is 11.4 Å². The number of aromatic nitrogens is 2. The Balaban J connectivity index is 2.00. The number of aryl methyl sites for hydroxylation is 1. The molecule has 3 rings (SSSR count). The summed E-state index contributed by atoms with van der Waals surface area (Å²) in [4.78, 5) is 14.5. The molecule has 0 saturated carbocycles. The lowest BCUT2D eigenvalue weighted by Crippen LogP contribution is -2.36. The summed E-state index contributed by atoms with van der Waals surface area (Å²) in [6.07, 6.45) is 2.58. The average Bonchev–Trinajstić information content (AvgIpc) is 2.97. The Bertz CT molecular complexity index is 662. The van der Waals surface area contributed by atoms with E-state index in [9.17, 15) is 4.79 Å². The monoisotopic (exact) mass is 270 g/mol. The zero-order valence-electron chi connectivity index (χ0n) is 11.7. The predicted molar refractivity (Wildman–Crippen MR) is 78.7 cm³/mol. The van der Waals surface area contributed by atoms with Crippen molar-refractivity contribution in [3.05, 3.63) is 41.7 Å². The van der Waals surface area contributed by atoms with Crippen LogP contribution in [0.1, 0.15) is 29.9 Å². The highest BCUT2D eigenvalue weighted by atomic mass is 16.2. The molecule has 5 nitrogen and oxygen atoms in total. The molecule has 2 heterocycles. The van der Waals surface area contributed by atoms with Crippen LogP contribution in [-0.4, -0.2) is 21.7 Å². The molecule has 5 heteroatoms. The second kappa shape index (κ2) is 4.67. The van der Waals surface area contributed by atoms with Gasteiger partial charge in [-0.05, 0) is 31.9 Å². The van der Waals surface area contributed by atoms with Gasteiger partial charge in [0.15, 0.2) is 5.69 Å². The molecule has 0 aliphatic carbocycles. The molecule has 0 fully saturated rings. The number of nitrogens with two attached hydrogens (primary N) is 1. The standard InChI is InChI=1S/C15H18N4O/c1-3-18-9-12(16)14(17-18)15(20)19-10(2)8-11-6-4-5-7-13(11)19/h4-7,9-10H,3,8,16H2,1-2H3. The highest BCUT2D eigenvalue weighted by Gasteiger charge is 2.33. The number of hydrogen-bond donors (Lipinski definition) is 1. The molecule has 1 aliphatic heterocycles. The van der Waals surface area contributed by atoms with Gasteiger partial charge in [-0.1, -0.05) is 18.2 Å². The fraction of sp³-hybridized carbons (Fsp3) is 0.333. The molecule has 0 radical (unpaired) electrons. The van der Waals surface area contributed by atoms with Crippen LogP contribution in [0.15, 0.2) is 30.5 Å². The van der Waals surface area contributed by atoms with Gasteiger partial charge in [0.25, 0.3) is 5.91 Å². The van der Waals surface area contributed by atoms with Crippen LogP contribution in [0.2, 0.25) is 0 Å². The lowest BCUT2D eigenvalue weighted by molar-refractivity contribution is 0.0976. The van der Waals surface area contributed by atoms with Gasteiger partial charge in [0.2, 0.25) is 0 Å². The summed E-state index contributed by atoms with van der Waals surface area (Å²) >= 11 is 0. The number of benzene rings is 1. The third-order valence-electron chi connectivity index (χ3n) is 3.74. The van der Waals surface area contributed by atoms with Gasteiger partial charge < -0.3 is 10.6 Å². The molecular weight excluding hydrogens is 252 g/mol. The topological polar surface area (TPSA) is 64.2 Å². The third-order valence-corrected chi connectivity index (χ3v) is 3.74. The number of carbonyl (C=O) groups excluding carboxylic acids is 1. The molecule has 104 valence electrons. The molecule has 0 spiro atoms. The van der Waals surface area contributed by atoms with Crippen LogP contribution in [0, 0.1) is 0 Å². The van der Waals surface area contributed by atoms with Crippen LogP contribution in [0.3, 0.4) is 0 Å². The Kier molecular flexibility index (Phi) is 2.97. The van der Waals surface area contributed by atoms with Crippen LogP contribution in [-0.2, 0) is 13.0 Å². The average molecular weight is 270 g/mol. The molecular formula is C15H18N4O. The summed E-state index contributed by atoms with van der Waals surface area (Å²) in [5.41, 5.74) is 8.87. The summed E-state index contributed by atoms with van der Waals surface area (Å²) in [6, 6.07) is 8.12. The molecule has 0 saturated heterocycles. The number of hydrogen-bond acceptors (Lipinski definition) is 3. The number of carbonyl (C=O) groups is 1. The van der Waals surface area contributed by atoms with Crippen LogP contribution < -0.4 is 10.6 Å². The van der Waals surface area contributed by atoms with Crippen molar-refractivity contribution in [3.63, 3.8) is 0 Å². The first kappa shape index (κ1) is 12.7. The number of fused-ring (bicyclic) bond motifs is 1. The summed E-state index contributed by atoms with van der Waals surface area (Å²) in [5, 5.41) is 4.28.